The molecule has 0 spiro atoms. The summed E-state index contributed by atoms with van der Waals surface area (Å²) in [6.07, 6.45) is 0.182. The van der Waals surface area contributed by atoms with Gasteiger partial charge in [-0.3, -0.25) is 0 Å². The maximum absolute atomic E-state index is 5.79. The number of thioether (sulfide) groups is 1. The average Bonchev–Trinajstić information content (AvgIpc) is 2.89. The lowest BCUT2D eigenvalue weighted by Gasteiger charge is -2.10. The molecule has 4 nitrogen and oxygen atoms in total. The van der Waals surface area contributed by atoms with Gasteiger partial charge in [0.2, 0.25) is 0 Å². The second-order valence-corrected chi connectivity index (χ2v) is 6.84. The number of imidazole rings is 1. The van der Waals surface area contributed by atoms with Crippen LogP contribution in [-0.2, 0) is 7.05 Å². The number of hydrogen-bond donors (Lipinski definition) is 0. The van der Waals surface area contributed by atoms with E-state index in [1.54, 1.807) is 11.8 Å². The van der Waals surface area contributed by atoms with Crippen molar-refractivity contribution in [2.45, 2.75) is 25.1 Å². The minimum atomic E-state index is 0.182. The molecule has 0 bridgehead atoms. The zero-order chi connectivity index (χ0) is 16.9. The molecular formula is C19H22N2O2S. The highest BCUT2D eigenvalue weighted by Gasteiger charge is 2.07. The quantitative estimate of drug-likeness (QED) is 0.467. The Hall–Kier alpha value is -2.14. The van der Waals surface area contributed by atoms with E-state index in [0.29, 0.717) is 6.61 Å². The fourth-order valence-electron chi connectivity index (χ4n) is 2.43. The number of para-hydroxylation sites is 2. The molecule has 126 valence electrons. The van der Waals surface area contributed by atoms with Crippen LogP contribution in [0.1, 0.15) is 13.8 Å². The largest absolute Gasteiger partial charge is 0.493 e. The molecule has 1 heterocycles. The molecule has 0 fully saturated rings. The van der Waals surface area contributed by atoms with Crippen LogP contribution in [0.4, 0.5) is 0 Å². The van der Waals surface area contributed by atoms with Crippen molar-refractivity contribution in [1.82, 2.24) is 9.55 Å². The molecule has 0 radical (unpaired) electrons. The average molecular weight is 342 g/mol. The summed E-state index contributed by atoms with van der Waals surface area (Å²) in [5, 5.41) is 1.01. The minimum absolute atomic E-state index is 0.182. The lowest BCUT2D eigenvalue weighted by Crippen LogP contribution is -2.05. The summed E-state index contributed by atoms with van der Waals surface area (Å²) in [6.45, 7) is 4.67. The van der Waals surface area contributed by atoms with Crippen molar-refractivity contribution in [2.75, 3.05) is 12.4 Å². The van der Waals surface area contributed by atoms with Crippen LogP contribution < -0.4 is 9.47 Å². The zero-order valence-electron chi connectivity index (χ0n) is 14.2. The molecule has 0 unspecified atom stereocenters. The molecule has 3 aromatic rings. The molecule has 0 N–H and O–H groups in total. The maximum Gasteiger partial charge on any atom is 0.168 e. The molecule has 0 atom stereocenters. The lowest BCUT2D eigenvalue weighted by molar-refractivity contribution is 0.242. The Morgan fingerprint density at radius 1 is 1.04 bits per heavy atom. The number of hydrogen-bond acceptors (Lipinski definition) is 4. The molecule has 0 aliphatic carbocycles. The van der Waals surface area contributed by atoms with Crippen molar-refractivity contribution in [1.29, 1.82) is 0 Å². The molecule has 0 aliphatic heterocycles. The molecule has 3 rings (SSSR count). The summed E-state index contributed by atoms with van der Waals surface area (Å²) in [7, 11) is 2.05. The van der Waals surface area contributed by atoms with Crippen LogP contribution in [-0.4, -0.2) is 28.0 Å². The number of fused-ring (bicyclic) bond motifs is 1. The summed E-state index contributed by atoms with van der Waals surface area (Å²) < 4.78 is 13.5. The highest BCUT2D eigenvalue weighted by Crippen LogP contribution is 2.23. The standard InChI is InChI=1S/C19H22N2O2S/c1-14(2)23-16-10-8-15(9-11-16)22-12-13-24-19-20-17-6-4-5-7-18(17)21(19)3/h4-11,14H,12-13H2,1-3H3. The van der Waals surface area contributed by atoms with Gasteiger partial charge in [-0.25, -0.2) is 4.98 Å². The van der Waals surface area contributed by atoms with E-state index < -0.39 is 0 Å². The van der Waals surface area contributed by atoms with Gasteiger partial charge in [0.15, 0.2) is 5.16 Å². The van der Waals surface area contributed by atoms with Gasteiger partial charge in [0.1, 0.15) is 11.5 Å². The predicted octanol–water partition coefficient (Wildman–Crippen LogP) is 4.53. The van der Waals surface area contributed by atoms with E-state index in [4.69, 9.17) is 9.47 Å². The van der Waals surface area contributed by atoms with Gasteiger partial charge in [-0.2, -0.15) is 0 Å². The van der Waals surface area contributed by atoms with E-state index >= 15 is 0 Å². The van der Waals surface area contributed by atoms with Crippen LogP contribution in [0.15, 0.2) is 53.7 Å². The highest BCUT2D eigenvalue weighted by atomic mass is 32.2. The number of rotatable bonds is 7. The van der Waals surface area contributed by atoms with Crippen LogP contribution >= 0.6 is 11.8 Å². The van der Waals surface area contributed by atoms with Crippen LogP contribution in [0.3, 0.4) is 0 Å². The van der Waals surface area contributed by atoms with Gasteiger partial charge in [0.25, 0.3) is 0 Å². The number of aryl methyl sites for hydroxylation is 1. The van der Waals surface area contributed by atoms with Gasteiger partial charge in [-0.1, -0.05) is 23.9 Å². The molecule has 24 heavy (non-hydrogen) atoms. The molecule has 1 aromatic heterocycles. The smallest absolute Gasteiger partial charge is 0.168 e. The number of aromatic nitrogens is 2. The Morgan fingerprint density at radius 2 is 1.75 bits per heavy atom. The number of ether oxygens (including phenoxy) is 2. The van der Waals surface area contributed by atoms with Crippen LogP contribution in [0.2, 0.25) is 0 Å². The SMILES string of the molecule is CC(C)Oc1ccc(OCCSc2nc3ccccc3n2C)cc1. The van der Waals surface area contributed by atoms with Crippen molar-refractivity contribution in [3.63, 3.8) is 0 Å². The van der Waals surface area contributed by atoms with Crippen LogP contribution in [0.25, 0.3) is 11.0 Å². The first-order valence-electron chi connectivity index (χ1n) is 8.07. The first-order valence-corrected chi connectivity index (χ1v) is 9.06. The van der Waals surface area contributed by atoms with Crippen molar-refractivity contribution in [3.8, 4) is 11.5 Å². The fraction of sp³-hybridized carbons (Fsp3) is 0.316. The lowest BCUT2D eigenvalue weighted by atomic mass is 10.3. The second-order valence-electron chi connectivity index (χ2n) is 5.78. The van der Waals surface area contributed by atoms with Crippen molar-refractivity contribution in [3.05, 3.63) is 48.5 Å². The minimum Gasteiger partial charge on any atom is -0.493 e. The summed E-state index contributed by atoms with van der Waals surface area (Å²) in [6, 6.07) is 15.9. The van der Waals surface area contributed by atoms with Gasteiger partial charge in [0, 0.05) is 12.8 Å². The zero-order valence-corrected chi connectivity index (χ0v) is 15.0. The Balaban J connectivity index is 1.50. The van der Waals surface area contributed by atoms with Crippen molar-refractivity contribution < 1.29 is 9.47 Å². The topological polar surface area (TPSA) is 36.3 Å². The Bertz CT molecular complexity index is 797. The van der Waals surface area contributed by atoms with Gasteiger partial charge in [-0.15, -0.1) is 0 Å². The molecule has 0 saturated heterocycles. The van der Waals surface area contributed by atoms with E-state index in [-0.39, 0.29) is 6.10 Å². The van der Waals surface area contributed by atoms with E-state index in [2.05, 4.69) is 15.6 Å². The third kappa shape index (κ3) is 4.03. The fourth-order valence-corrected chi connectivity index (χ4v) is 3.24. The van der Waals surface area contributed by atoms with Crippen LogP contribution in [0.5, 0.6) is 11.5 Å². The first-order chi connectivity index (χ1) is 11.6. The van der Waals surface area contributed by atoms with Crippen LogP contribution in [0, 0.1) is 0 Å². The molecule has 0 amide bonds. The third-order valence-electron chi connectivity index (χ3n) is 3.52. The summed E-state index contributed by atoms with van der Waals surface area (Å²) >= 11 is 1.71. The molecule has 2 aromatic carbocycles. The Labute approximate surface area is 146 Å². The molecular weight excluding hydrogens is 320 g/mol. The van der Waals surface area contributed by atoms with E-state index in [1.807, 2.05) is 63.4 Å². The summed E-state index contributed by atoms with van der Waals surface area (Å²) in [5.74, 6) is 2.57. The monoisotopic (exact) mass is 342 g/mol. The predicted molar refractivity (Wildman–Crippen MR) is 99.1 cm³/mol. The number of nitrogens with zero attached hydrogens (tertiary/aromatic N) is 2. The van der Waals surface area contributed by atoms with Crippen molar-refractivity contribution >= 4 is 22.8 Å². The Kier molecular flexibility index (Phi) is 5.30. The molecule has 0 aliphatic rings. The molecule has 0 saturated carbocycles. The number of benzene rings is 2. The normalized spacial score (nSPS) is 11.2. The highest BCUT2D eigenvalue weighted by molar-refractivity contribution is 7.99. The van der Waals surface area contributed by atoms with E-state index in [0.717, 1.165) is 33.4 Å². The maximum atomic E-state index is 5.79. The van der Waals surface area contributed by atoms with E-state index in [1.165, 1.54) is 0 Å². The first kappa shape index (κ1) is 16.7. The van der Waals surface area contributed by atoms with Gasteiger partial charge < -0.3 is 14.0 Å². The molecule has 5 heteroatoms. The van der Waals surface area contributed by atoms with Gasteiger partial charge >= 0.3 is 0 Å². The second kappa shape index (κ2) is 7.62. The van der Waals surface area contributed by atoms with Crippen molar-refractivity contribution in [2.24, 2.45) is 7.05 Å². The Morgan fingerprint density at radius 3 is 2.46 bits per heavy atom. The summed E-state index contributed by atoms with van der Waals surface area (Å²) in [5.41, 5.74) is 2.19. The third-order valence-corrected chi connectivity index (χ3v) is 4.52. The van der Waals surface area contributed by atoms with E-state index in [9.17, 15) is 0 Å². The van der Waals surface area contributed by atoms with Gasteiger partial charge in [0.05, 0.1) is 23.7 Å². The van der Waals surface area contributed by atoms with Gasteiger partial charge in [-0.05, 0) is 50.2 Å². The summed E-state index contributed by atoms with van der Waals surface area (Å²) in [4.78, 5) is 4.65.